The Morgan fingerprint density at radius 3 is 2.76 bits per heavy atom. The number of benzene rings is 1. The molecule has 1 aromatic carbocycles. The molecule has 4 aliphatic carbocycles. The molecule has 4 aliphatic rings. The van der Waals surface area contributed by atoms with Crippen LogP contribution in [0, 0.1) is 28.6 Å². The summed E-state index contributed by atoms with van der Waals surface area (Å²) in [7, 11) is 0. The maximum Gasteiger partial charge on any atom is 0.175 e. The first-order valence-electron chi connectivity index (χ1n) is 15.1. The van der Waals surface area contributed by atoms with Crippen molar-refractivity contribution in [2.45, 2.75) is 95.5 Å². The van der Waals surface area contributed by atoms with Gasteiger partial charge in [-0.2, -0.15) is 5.10 Å². The lowest BCUT2D eigenvalue weighted by molar-refractivity contribution is -0.177. The number of aliphatic hydroxyl groups excluding tert-OH is 1. The minimum atomic E-state index is -1.44. The number of carbonyl (C=O) groups excluding carboxylic acids is 1. The first kappa shape index (κ1) is 27.4. The Kier molecular flexibility index (Phi) is 6.05. The number of hydrogen-bond donors (Lipinski definition) is 3. The second-order valence-electron chi connectivity index (χ2n) is 14.6. The lowest BCUT2D eigenvalue weighted by Crippen LogP contribution is -2.62. The number of hydrogen-bond acceptors (Lipinski definition) is 6. The van der Waals surface area contributed by atoms with E-state index in [2.05, 4.69) is 55.3 Å². The summed E-state index contributed by atoms with van der Waals surface area (Å²) in [5.41, 5.74) is 3.38. The van der Waals surface area contributed by atoms with Gasteiger partial charge in [-0.05, 0) is 106 Å². The topological polar surface area (TPSA) is 104 Å². The van der Waals surface area contributed by atoms with Gasteiger partial charge in [0.2, 0.25) is 0 Å². The van der Waals surface area contributed by atoms with E-state index < -0.39 is 17.1 Å². The van der Waals surface area contributed by atoms with Crippen LogP contribution in [0.3, 0.4) is 0 Å². The number of aliphatic hydroxyl groups is 2. The van der Waals surface area contributed by atoms with E-state index in [1.807, 2.05) is 30.5 Å². The Labute approximate surface area is 246 Å². The quantitative estimate of drug-likeness (QED) is 0.342. The van der Waals surface area contributed by atoms with Gasteiger partial charge in [0, 0.05) is 5.41 Å². The van der Waals surface area contributed by atoms with Crippen LogP contribution >= 0.6 is 11.8 Å². The van der Waals surface area contributed by atoms with Gasteiger partial charge < -0.3 is 15.2 Å². The van der Waals surface area contributed by atoms with Crippen LogP contribution in [0.25, 0.3) is 17.1 Å². The van der Waals surface area contributed by atoms with Crippen molar-refractivity contribution >= 4 is 34.7 Å². The molecule has 2 heterocycles. The van der Waals surface area contributed by atoms with Gasteiger partial charge in [0.15, 0.2) is 10.9 Å². The minimum absolute atomic E-state index is 0.0920. The molecule has 218 valence electrons. The molecule has 7 atom stereocenters. The zero-order chi connectivity index (χ0) is 28.9. The lowest BCUT2D eigenvalue weighted by atomic mass is 9.45. The van der Waals surface area contributed by atoms with Gasteiger partial charge in [0.1, 0.15) is 5.60 Å². The number of allylic oxidation sites excluding steroid dienone is 1. The Bertz CT molecular complexity index is 1530. The predicted octanol–water partition coefficient (Wildman–Crippen LogP) is 5.76. The standard InChI is InChI=1S/C33H42N4O3S/c1-30(2,3)37-25-14-20-10-11-21-22-12-13-33(40,27(39)18-41-29-35-23-8-6-7-9-24(23)36-29)32(22,5)16-26(38)28(21)31(20,4)15-19(25)17-34-37/h6-9,14,17,21-22,26,28,38,40H,10-13,15-16,18H2,1-5H3,(H,35,36)/t21?,22?,26?,28?,31?,32?,33-/m0/s1. The zero-order valence-corrected chi connectivity index (χ0v) is 25.6. The predicted molar refractivity (Wildman–Crippen MR) is 161 cm³/mol. The molecule has 3 saturated carbocycles. The first-order valence-corrected chi connectivity index (χ1v) is 16.1. The summed E-state index contributed by atoms with van der Waals surface area (Å²) >= 11 is 1.36. The third-order valence-electron chi connectivity index (χ3n) is 11.4. The average Bonchev–Trinajstić information content (AvgIpc) is 3.59. The van der Waals surface area contributed by atoms with Gasteiger partial charge in [-0.15, -0.1) is 0 Å². The molecule has 2 aromatic heterocycles. The normalized spacial score (nSPS) is 36.3. The molecule has 6 unspecified atom stereocenters. The molecule has 0 spiro atoms. The van der Waals surface area contributed by atoms with Gasteiger partial charge in [0.25, 0.3) is 0 Å². The molecule has 0 amide bonds. The third-order valence-corrected chi connectivity index (χ3v) is 12.3. The number of ketones is 1. The van der Waals surface area contributed by atoms with Crippen molar-refractivity contribution in [2.75, 3.05) is 5.75 Å². The van der Waals surface area contributed by atoms with Gasteiger partial charge in [-0.3, -0.25) is 9.48 Å². The maximum atomic E-state index is 13.8. The fourth-order valence-electron chi connectivity index (χ4n) is 9.43. The van der Waals surface area contributed by atoms with Gasteiger partial charge in [0.05, 0.1) is 40.3 Å². The molecular weight excluding hydrogens is 532 g/mol. The van der Waals surface area contributed by atoms with E-state index in [4.69, 9.17) is 5.10 Å². The van der Waals surface area contributed by atoms with Crippen LogP contribution in [-0.4, -0.2) is 53.2 Å². The summed E-state index contributed by atoms with van der Waals surface area (Å²) in [6.07, 6.45) is 8.40. The van der Waals surface area contributed by atoms with E-state index in [1.165, 1.54) is 28.6 Å². The molecular formula is C33H42N4O3S. The fraction of sp³-hybridized carbons (Fsp3) is 0.606. The number of imidazole rings is 1. The van der Waals surface area contributed by atoms with Crippen LogP contribution in [0.1, 0.15) is 78.0 Å². The lowest BCUT2D eigenvalue weighted by Gasteiger charge is -2.60. The number of thioether (sulfide) groups is 1. The number of para-hydroxylation sites is 2. The highest BCUT2D eigenvalue weighted by molar-refractivity contribution is 7.99. The van der Waals surface area contributed by atoms with Crippen molar-refractivity contribution in [3.63, 3.8) is 0 Å². The highest BCUT2D eigenvalue weighted by Crippen LogP contribution is 2.67. The SMILES string of the molecule is CC12Cc3cnn(C(C)(C)C)c3C=C1CCC1C2C(O)CC2(C)C1CC[C@]2(O)C(=O)CSc1nc2ccccc2[nH]1. The van der Waals surface area contributed by atoms with Crippen LogP contribution in [-0.2, 0) is 16.8 Å². The largest absolute Gasteiger partial charge is 0.393 e. The minimum Gasteiger partial charge on any atom is -0.393 e. The smallest absolute Gasteiger partial charge is 0.175 e. The molecule has 0 bridgehead atoms. The van der Waals surface area contributed by atoms with E-state index >= 15 is 0 Å². The zero-order valence-electron chi connectivity index (χ0n) is 24.8. The number of rotatable bonds is 4. The second kappa shape index (κ2) is 9.04. The Hall–Kier alpha value is -2.42. The van der Waals surface area contributed by atoms with E-state index in [0.717, 1.165) is 36.7 Å². The first-order chi connectivity index (χ1) is 19.3. The molecule has 8 heteroatoms. The van der Waals surface area contributed by atoms with Gasteiger partial charge in [-0.25, -0.2) is 4.98 Å². The highest BCUT2D eigenvalue weighted by atomic mass is 32.2. The number of carbonyl (C=O) groups is 1. The molecule has 7 nitrogen and oxygen atoms in total. The van der Waals surface area contributed by atoms with Gasteiger partial charge in [-0.1, -0.05) is 43.3 Å². The number of fused-ring (bicyclic) bond motifs is 7. The molecule has 0 radical (unpaired) electrons. The van der Waals surface area contributed by atoms with Crippen molar-refractivity contribution in [3.05, 3.63) is 47.3 Å². The van der Waals surface area contributed by atoms with E-state index in [9.17, 15) is 15.0 Å². The number of nitrogens with zero attached hydrogens (tertiary/aromatic N) is 3. The molecule has 3 fully saturated rings. The molecule has 7 rings (SSSR count). The summed E-state index contributed by atoms with van der Waals surface area (Å²) in [5.74, 6) is 0.605. The number of H-pyrrole nitrogens is 1. The summed E-state index contributed by atoms with van der Waals surface area (Å²) in [4.78, 5) is 21.7. The third kappa shape index (κ3) is 3.89. The average molecular weight is 575 g/mol. The van der Waals surface area contributed by atoms with Crippen LogP contribution in [0.5, 0.6) is 0 Å². The van der Waals surface area contributed by atoms with Crippen molar-refractivity contribution in [2.24, 2.45) is 28.6 Å². The maximum absolute atomic E-state index is 13.8. The van der Waals surface area contributed by atoms with Crippen LogP contribution in [0.4, 0.5) is 0 Å². The number of Topliss-reactive ketones (excluding diaryl/α,β-unsaturated/α-hetero) is 1. The number of aromatic nitrogens is 4. The second-order valence-corrected chi connectivity index (χ2v) is 15.6. The fourth-order valence-corrected chi connectivity index (χ4v) is 10.3. The van der Waals surface area contributed by atoms with E-state index in [1.54, 1.807) is 0 Å². The summed E-state index contributed by atoms with van der Waals surface area (Å²) in [5, 5.41) is 29.5. The van der Waals surface area contributed by atoms with Crippen molar-refractivity contribution in [1.82, 2.24) is 19.7 Å². The van der Waals surface area contributed by atoms with E-state index in [-0.39, 0.29) is 40.2 Å². The Morgan fingerprint density at radius 1 is 1.22 bits per heavy atom. The number of nitrogens with one attached hydrogen (secondary N) is 1. The van der Waals surface area contributed by atoms with Crippen molar-refractivity contribution in [3.8, 4) is 0 Å². The summed E-state index contributed by atoms with van der Waals surface area (Å²) < 4.78 is 2.14. The van der Waals surface area contributed by atoms with Crippen LogP contribution in [0.2, 0.25) is 0 Å². The number of aromatic amines is 1. The summed E-state index contributed by atoms with van der Waals surface area (Å²) in [6, 6.07) is 7.82. The molecule has 41 heavy (non-hydrogen) atoms. The monoisotopic (exact) mass is 574 g/mol. The van der Waals surface area contributed by atoms with Gasteiger partial charge >= 0.3 is 0 Å². The summed E-state index contributed by atoms with van der Waals surface area (Å²) in [6.45, 7) is 11.0. The van der Waals surface area contributed by atoms with Crippen LogP contribution < -0.4 is 0 Å². The van der Waals surface area contributed by atoms with E-state index in [0.29, 0.717) is 18.0 Å². The highest BCUT2D eigenvalue weighted by Gasteiger charge is 2.68. The van der Waals surface area contributed by atoms with Crippen molar-refractivity contribution < 1.29 is 15.0 Å². The molecule has 0 saturated heterocycles. The Morgan fingerprint density at radius 2 is 2.00 bits per heavy atom. The van der Waals surface area contributed by atoms with Crippen LogP contribution in [0.15, 0.2) is 41.2 Å². The molecule has 0 aliphatic heterocycles. The molecule has 3 N–H and O–H groups in total. The Balaban J connectivity index is 1.14. The molecule has 3 aromatic rings. The van der Waals surface area contributed by atoms with Crippen molar-refractivity contribution in [1.29, 1.82) is 0 Å².